The number of aromatic nitrogens is 3. The van der Waals surface area contributed by atoms with Crippen molar-refractivity contribution in [2.24, 2.45) is 0 Å². The van der Waals surface area contributed by atoms with Crippen LogP contribution in [0.4, 0.5) is 0 Å². The third-order valence-electron chi connectivity index (χ3n) is 5.22. The number of thiazole rings is 1. The van der Waals surface area contributed by atoms with Crippen molar-refractivity contribution in [3.63, 3.8) is 0 Å². The van der Waals surface area contributed by atoms with Gasteiger partial charge in [0.1, 0.15) is 15.6 Å². The molecule has 150 valence electrons. The predicted octanol–water partition coefficient (Wildman–Crippen LogP) is 3.69. The molecule has 1 amide bonds. The maximum absolute atomic E-state index is 13.4. The van der Waals surface area contributed by atoms with Gasteiger partial charge in [-0.05, 0) is 43.5 Å². The number of aryl methyl sites for hydroxylation is 1. The van der Waals surface area contributed by atoms with Crippen molar-refractivity contribution in [3.05, 3.63) is 52.4 Å². The summed E-state index contributed by atoms with van der Waals surface area (Å²) in [6.07, 6.45) is 5.66. The number of ether oxygens (including phenoxy) is 2. The quantitative estimate of drug-likeness (QED) is 0.653. The first kappa shape index (κ1) is 19.3. The number of methoxy groups -OCH3 is 2. The molecule has 0 bridgehead atoms. The summed E-state index contributed by atoms with van der Waals surface area (Å²) in [6.45, 7) is 4.54. The zero-order chi connectivity index (χ0) is 20.5. The van der Waals surface area contributed by atoms with Crippen LogP contribution in [0.25, 0.3) is 10.7 Å². The highest BCUT2D eigenvalue weighted by molar-refractivity contribution is 7.17. The van der Waals surface area contributed by atoms with E-state index in [0.29, 0.717) is 39.3 Å². The third kappa shape index (κ3) is 3.44. The SMILES string of the molecule is COc1cc2c(cc1OC)[C@H](C)N(C(=O)c1sc(-c3cnccn3)nc1C)CC2. The zero-order valence-corrected chi connectivity index (χ0v) is 17.6. The standard InChI is InChI=1S/C21H22N4O3S/c1-12-19(29-20(24-12)16-11-22-6-7-23-16)21(26)25-8-5-14-9-17(27-3)18(28-4)10-15(14)13(25)2/h6-7,9-11,13H,5,8H2,1-4H3/t13-/m0/s1. The highest BCUT2D eigenvalue weighted by atomic mass is 32.1. The molecule has 0 radical (unpaired) electrons. The molecule has 2 aromatic heterocycles. The lowest BCUT2D eigenvalue weighted by molar-refractivity contribution is 0.0681. The molecular formula is C21H22N4O3S. The van der Waals surface area contributed by atoms with Crippen molar-refractivity contribution < 1.29 is 14.3 Å². The minimum Gasteiger partial charge on any atom is -0.493 e. The molecule has 0 fully saturated rings. The molecule has 1 aliphatic heterocycles. The second-order valence-corrected chi connectivity index (χ2v) is 7.85. The van der Waals surface area contributed by atoms with E-state index in [9.17, 15) is 4.79 Å². The first-order valence-electron chi connectivity index (χ1n) is 9.33. The summed E-state index contributed by atoms with van der Waals surface area (Å²) in [7, 11) is 3.25. The smallest absolute Gasteiger partial charge is 0.266 e. The van der Waals surface area contributed by atoms with Crippen molar-refractivity contribution >= 4 is 17.2 Å². The lowest BCUT2D eigenvalue weighted by Crippen LogP contribution is -2.38. The van der Waals surface area contributed by atoms with Gasteiger partial charge in [0.25, 0.3) is 5.91 Å². The van der Waals surface area contributed by atoms with E-state index >= 15 is 0 Å². The normalized spacial score (nSPS) is 15.7. The number of fused-ring (bicyclic) bond motifs is 1. The Morgan fingerprint density at radius 3 is 2.66 bits per heavy atom. The van der Waals surface area contributed by atoms with E-state index in [2.05, 4.69) is 15.0 Å². The predicted molar refractivity (Wildman–Crippen MR) is 111 cm³/mol. The number of carbonyl (C=O) groups is 1. The monoisotopic (exact) mass is 410 g/mol. The number of hydrogen-bond acceptors (Lipinski definition) is 7. The fourth-order valence-corrected chi connectivity index (χ4v) is 4.65. The average molecular weight is 410 g/mol. The van der Waals surface area contributed by atoms with Gasteiger partial charge < -0.3 is 14.4 Å². The van der Waals surface area contributed by atoms with Crippen LogP contribution in [-0.2, 0) is 6.42 Å². The molecule has 1 aliphatic rings. The van der Waals surface area contributed by atoms with Gasteiger partial charge in [-0.2, -0.15) is 0 Å². The van der Waals surface area contributed by atoms with Gasteiger partial charge in [-0.15, -0.1) is 11.3 Å². The van der Waals surface area contributed by atoms with E-state index in [-0.39, 0.29) is 11.9 Å². The van der Waals surface area contributed by atoms with E-state index in [1.165, 1.54) is 16.9 Å². The van der Waals surface area contributed by atoms with E-state index in [1.807, 2.05) is 30.9 Å². The van der Waals surface area contributed by atoms with Crippen molar-refractivity contribution in [1.29, 1.82) is 0 Å². The molecule has 3 aromatic rings. The van der Waals surface area contributed by atoms with Crippen LogP contribution >= 0.6 is 11.3 Å². The molecule has 7 nitrogen and oxygen atoms in total. The molecular weight excluding hydrogens is 388 g/mol. The second-order valence-electron chi connectivity index (χ2n) is 6.85. The lowest BCUT2D eigenvalue weighted by Gasteiger charge is -2.35. The van der Waals surface area contributed by atoms with Gasteiger partial charge in [-0.1, -0.05) is 0 Å². The van der Waals surface area contributed by atoms with Gasteiger partial charge in [-0.3, -0.25) is 14.8 Å². The van der Waals surface area contributed by atoms with Crippen LogP contribution in [-0.4, -0.2) is 46.5 Å². The summed E-state index contributed by atoms with van der Waals surface area (Å²) in [5.74, 6) is 1.37. The molecule has 0 unspecified atom stereocenters. The van der Waals surface area contributed by atoms with Crippen molar-refractivity contribution in [3.8, 4) is 22.2 Å². The number of carbonyl (C=O) groups excluding carboxylic acids is 1. The first-order valence-corrected chi connectivity index (χ1v) is 10.1. The molecule has 0 spiro atoms. The lowest BCUT2D eigenvalue weighted by atomic mass is 9.92. The van der Waals surface area contributed by atoms with Crippen LogP contribution < -0.4 is 9.47 Å². The Kier molecular flexibility index (Phi) is 5.19. The Bertz CT molecular complexity index is 1050. The Labute approximate surface area is 173 Å². The third-order valence-corrected chi connectivity index (χ3v) is 6.39. The number of nitrogens with zero attached hydrogens (tertiary/aromatic N) is 4. The molecule has 0 saturated heterocycles. The molecule has 1 atom stereocenters. The highest BCUT2D eigenvalue weighted by Gasteiger charge is 2.31. The Morgan fingerprint density at radius 1 is 1.21 bits per heavy atom. The number of amides is 1. The van der Waals surface area contributed by atoms with Crippen LogP contribution in [0, 0.1) is 6.92 Å². The van der Waals surface area contributed by atoms with E-state index < -0.39 is 0 Å². The summed E-state index contributed by atoms with van der Waals surface area (Å²) in [4.78, 5) is 28.8. The fraction of sp³-hybridized carbons (Fsp3) is 0.333. The Hall–Kier alpha value is -3.00. The summed E-state index contributed by atoms with van der Waals surface area (Å²) < 4.78 is 10.9. The number of rotatable bonds is 4. The van der Waals surface area contributed by atoms with Gasteiger partial charge >= 0.3 is 0 Å². The molecule has 3 heterocycles. The van der Waals surface area contributed by atoms with Gasteiger partial charge in [0.2, 0.25) is 0 Å². The van der Waals surface area contributed by atoms with Gasteiger partial charge in [-0.25, -0.2) is 4.98 Å². The zero-order valence-electron chi connectivity index (χ0n) is 16.8. The largest absolute Gasteiger partial charge is 0.493 e. The molecule has 8 heteroatoms. The molecule has 0 aliphatic carbocycles. The van der Waals surface area contributed by atoms with E-state index in [4.69, 9.17) is 9.47 Å². The maximum atomic E-state index is 13.4. The summed E-state index contributed by atoms with van der Waals surface area (Å²) in [5.41, 5.74) is 3.65. The van der Waals surface area contributed by atoms with Gasteiger partial charge in [0.05, 0.1) is 32.2 Å². The molecule has 0 saturated carbocycles. The number of hydrogen-bond donors (Lipinski definition) is 0. The second kappa shape index (κ2) is 7.79. The first-order chi connectivity index (χ1) is 14.0. The minimum atomic E-state index is -0.0764. The summed E-state index contributed by atoms with van der Waals surface area (Å²) in [5, 5.41) is 0.704. The molecule has 29 heavy (non-hydrogen) atoms. The van der Waals surface area contributed by atoms with E-state index in [1.54, 1.807) is 32.8 Å². The van der Waals surface area contributed by atoms with Crippen LogP contribution in [0.3, 0.4) is 0 Å². The van der Waals surface area contributed by atoms with Gasteiger partial charge in [0, 0.05) is 18.9 Å². The highest BCUT2D eigenvalue weighted by Crippen LogP contribution is 2.39. The molecule has 0 N–H and O–H groups in total. The van der Waals surface area contributed by atoms with Crippen LogP contribution in [0.15, 0.2) is 30.7 Å². The van der Waals surface area contributed by atoms with Crippen LogP contribution in [0.1, 0.15) is 39.5 Å². The van der Waals surface area contributed by atoms with Crippen molar-refractivity contribution in [2.75, 3.05) is 20.8 Å². The number of benzene rings is 1. The average Bonchev–Trinajstić information content (AvgIpc) is 3.15. The Balaban J connectivity index is 1.65. The summed E-state index contributed by atoms with van der Waals surface area (Å²) in [6, 6.07) is 3.91. The van der Waals surface area contributed by atoms with E-state index in [0.717, 1.165) is 12.0 Å². The maximum Gasteiger partial charge on any atom is 0.266 e. The van der Waals surface area contributed by atoms with Gasteiger partial charge in [0.15, 0.2) is 11.5 Å². The molecule has 1 aromatic carbocycles. The topological polar surface area (TPSA) is 77.4 Å². The van der Waals surface area contributed by atoms with Crippen molar-refractivity contribution in [2.45, 2.75) is 26.3 Å². The fourth-order valence-electron chi connectivity index (χ4n) is 3.67. The van der Waals surface area contributed by atoms with Crippen LogP contribution in [0.5, 0.6) is 11.5 Å². The Morgan fingerprint density at radius 2 is 1.97 bits per heavy atom. The van der Waals surface area contributed by atoms with Crippen LogP contribution in [0.2, 0.25) is 0 Å². The summed E-state index contributed by atoms with van der Waals surface area (Å²) >= 11 is 1.36. The minimum absolute atomic E-state index is 0.0110. The molecule has 4 rings (SSSR count). The van der Waals surface area contributed by atoms with Crippen molar-refractivity contribution in [1.82, 2.24) is 19.9 Å².